The summed E-state index contributed by atoms with van der Waals surface area (Å²) in [6.07, 6.45) is 3.04. The number of rotatable bonds is 5. The van der Waals surface area contributed by atoms with Crippen molar-refractivity contribution in [3.05, 3.63) is 45.4 Å². The molecule has 0 saturated heterocycles. The van der Waals surface area contributed by atoms with Gasteiger partial charge in [0.15, 0.2) is 5.82 Å². The summed E-state index contributed by atoms with van der Waals surface area (Å²) in [6, 6.07) is 7.58. The molecular formula is C14H17ClN4S. The average Bonchev–Trinajstić information content (AvgIpc) is 2.78. The van der Waals surface area contributed by atoms with Gasteiger partial charge in [-0.1, -0.05) is 37.1 Å². The second kappa shape index (κ2) is 6.81. The molecule has 1 aromatic heterocycles. The number of benzene rings is 1. The van der Waals surface area contributed by atoms with Gasteiger partial charge in [-0.05, 0) is 43.3 Å². The van der Waals surface area contributed by atoms with Gasteiger partial charge in [-0.25, -0.2) is 0 Å². The molecule has 0 unspecified atom stereocenters. The first-order valence-corrected chi connectivity index (χ1v) is 7.38. The SMILES string of the molecule is CCCCc1n[nH]c(=S)n1/N=C(\C)c1ccc(Cl)cc1. The monoisotopic (exact) mass is 308 g/mol. The van der Waals surface area contributed by atoms with Crippen molar-refractivity contribution < 1.29 is 0 Å². The molecule has 4 nitrogen and oxygen atoms in total. The fraction of sp³-hybridized carbons (Fsp3) is 0.357. The Hall–Kier alpha value is -1.46. The molecule has 0 spiro atoms. The number of H-pyrrole nitrogens is 1. The zero-order valence-corrected chi connectivity index (χ0v) is 13.1. The molecule has 20 heavy (non-hydrogen) atoms. The Morgan fingerprint density at radius 3 is 2.75 bits per heavy atom. The molecule has 0 amide bonds. The third-order valence-corrected chi connectivity index (χ3v) is 3.50. The Morgan fingerprint density at radius 1 is 1.40 bits per heavy atom. The Morgan fingerprint density at radius 2 is 2.10 bits per heavy atom. The van der Waals surface area contributed by atoms with Gasteiger partial charge in [-0.3, -0.25) is 5.10 Å². The first-order valence-electron chi connectivity index (χ1n) is 6.59. The maximum absolute atomic E-state index is 5.89. The fourth-order valence-corrected chi connectivity index (χ4v) is 2.14. The van der Waals surface area contributed by atoms with Crippen LogP contribution in [-0.2, 0) is 6.42 Å². The molecule has 6 heteroatoms. The molecule has 0 aliphatic carbocycles. The second-order valence-corrected chi connectivity index (χ2v) is 5.38. The Kier molecular flexibility index (Phi) is 5.09. The lowest BCUT2D eigenvalue weighted by Gasteiger charge is -2.04. The van der Waals surface area contributed by atoms with Gasteiger partial charge in [-0.15, -0.1) is 0 Å². The molecule has 0 fully saturated rings. The Balaban J connectivity index is 2.31. The molecule has 2 aromatic rings. The number of hydrogen-bond acceptors (Lipinski definition) is 3. The smallest absolute Gasteiger partial charge is 0.216 e. The standard InChI is InChI=1S/C14H17ClN4S/c1-3-4-5-13-16-17-14(20)19(13)18-10(2)11-6-8-12(15)9-7-11/h6-9H,3-5H2,1-2H3,(H,17,20)/b18-10+. The van der Waals surface area contributed by atoms with Crippen LogP contribution < -0.4 is 0 Å². The predicted molar refractivity (Wildman–Crippen MR) is 85.1 cm³/mol. The van der Waals surface area contributed by atoms with E-state index < -0.39 is 0 Å². The van der Waals surface area contributed by atoms with E-state index >= 15 is 0 Å². The Bertz CT molecular complexity index is 655. The summed E-state index contributed by atoms with van der Waals surface area (Å²) < 4.78 is 2.22. The first kappa shape index (κ1) is 14.9. The molecule has 0 atom stereocenters. The third kappa shape index (κ3) is 3.55. The van der Waals surface area contributed by atoms with Crippen molar-refractivity contribution in [3.63, 3.8) is 0 Å². The second-order valence-electron chi connectivity index (χ2n) is 4.55. The van der Waals surface area contributed by atoms with E-state index in [2.05, 4.69) is 22.2 Å². The summed E-state index contributed by atoms with van der Waals surface area (Å²) >= 11 is 11.1. The number of halogens is 1. The van der Waals surface area contributed by atoms with E-state index in [1.165, 1.54) is 0 Å². The molecule has 2 rings (SSSR count). The van der Waals surface area contributed by atoms with Crippen LogP contribution in [0.4, 0.5) is 0 Å². The van der Waals surface area contributed by atoms with Crippen molar-refractivity contribution in [3.8, 4) is 0 Å². The van der Waals surface area contributed by atoms with E-state index in [9.17, 15) is 0 Å². The fourth-order valence-electron chi connectivity index (χ4n) is 1.82. The van der Waals surface area contributed by atoms with Gasteiger partial charge in [0.25, 0.3) is 0 Å². The maximum Gasteiger partial charge on any atom is 0.216 e. The summed E-state index contributed by atoms with van der Waals surface area (Å²) in [7, 11) is 0. The number of aryl methyl sites for hydroxylation is 1. The number of unbranched alkanes of at least 4 members (excludes halogenated alkanes) is 1. The molecular weight excluding hydrogens is 292 g/mol. The minimum atomic E-state index is 0.518. The van der Waals surface area contributed by atoms with Gasteiger partial charge < -0.3 is 0 Å². The number of nitrogens with zero attached hydrogens (tertiary/aromatic N) is 3. The molecule has 0 saturated carbocycles. The lowest BCUT2D eigenvalue weighted by Crippen LogP contribution is -2.04. The molecule has 1 N–H and O–H groups in total. The first-order chi connectivity index (χ1) is 9.61. The molecule has 106 valence electrons. The lowest BCUT2D eigenvalue weighted by molar-refractivity contribution is 0.698. The van der Waals surface area contributed by atoms with Crippen LogP contribution in [-0.4, -0.2) is 20.6 Å². The van der Waals surface area contributed by atoms with Crippen LogP contribution in [0.15, 0.2) is 29.4 Å². The number of hydrogen-bond donors (Lipinski definition) is 1. The largest absolute Gasteiger partial charge is 0.250 e. The topological polar surface area (TPSA) is 46.0 Å². The van der Waals surface area contributed by atoms with Crippen molar-refractivity contribution >= 4 is 29.5 Å². The highest BCUT2D eigenvalue weighted by molar-refractivity contribution is 7.71. The summed E-state index contributed by atoms with van der Waals surface area (Å²) in [5.74, 6) is 0.866. The highest BCUT2D eigenvalue weighted by Gasteiger charge is 2.06. The highest BCUT2D eigenvalue weighted by atomic mass is 35.5. The predicted octanol–water partition coefficient (Wildman–Crippen LogP) is 4.21. The van der Waals surface area contributed by atoms with Crippen molar-refractivity contribution in [1.82, 2.24) is 14.9 Å². The van der Waals surface area contributed by atoms with E-state index in [1.807, 2.05) is 31.2 Å². The van der Waals surface area contributed by atoms with Crippen LogP contribution in [0.1, 0.15) is 38.1 Å². The van der Waals surface area contributed by atoms with Gasteiger partial charge in [0.2, 0.25) is 4.77 Å². The van der Waals surface area contributed by atoms with Crippen LogP contribution in [0.3, 0.4) is 0 Å². The van der Waals surface area contributed by atoms with Gasteiger partial charge >= 0.3 is 0 Å². The van der Waals surface area contributed by atoms with Crippen LogP contribution in [0, 0.1) is 4.77 Å². The van der Waals surface area contributed by atoms with Crippen LogP contribution in [0.25, 0.3) is 0 Å². The maximum atomic E-state index is 5.89. The van der Waals surface area contributed by atoms with E-state index in [0.29, 0.717) is 9.79 Å². The van der Waals surface area contributed by atoms with E-state index in [-0.39, 0.29) is 0 Å². The zero-order valence-electron chi connectivity index (χ0n) is 11.6. The zero-order chi connectivity index (χ0) is 14.5. The summed E-state index contributed by atoms with van der Waals surface area (Å²) in [6.45, 7) is 4.09. The van der Waals surface area contributed by atoms with Gasteiger partial charge in [0, 0.05) is 11.4 Å². The van der Waals surface area contributed by atoms with Gasteiger partial charge in [-0.2, -0.15) is 14.9 Å². The van der Waals surface area contributed by atoms with E-state index in [1.54, 1.807) is 4.68 Å². The average molecular weight is 309 g/mol. The quantitative estimate of drug-likeness (QED) is 0.664. The van der Waals surface area contributed by atoms with Crippen molar-refractivity contribution in [2.24, 2.45) is 5.10 Å². The third-order valence-electron chi connectivity index (χ3n) is 2.98. The number of aromatic nitrogens is 3. The number of nitrogens with one attached hydrogen (secondary N) is 1. The number of aromatic amines is 1. The summed E-state index contributed by atoms with van der Waals surface area (Å²) in [4.78, 5) is 0. The molecule has 1 heterocycles. The molecule has 0 bridgehead atoms. The Labute approximate surface area is 128 Å². The lowest BCUT2D eigenvalue weighted by atomic mass is 10.1. The molecule has 1 aromatic carbocycles. The summed E-state index contributed by atoms with van der Waals surface area (Å²) in [5.41, 5.74) is 1.89. The molecule has 0 aliphatic heterocycles. The van der Waals surface area contributed by atoms with Crippen molar-refractivity contribution in [2.75, 3.05) is 0 Å². The van der Waals surface area contributed by atoms with Crippen molar-refractivity contribution in [1.29, 1.82) is 0 Å². The minimum absolute atomic E-state index is 0.518. The van der Waals surface area contributed by atoms with Crippen molar-refractivity contribution in [2.45, 2.75) is 33.1 Å². The van der Waals surface area contributed by atoms with Crippen LogP contribution in [0.2, 0.25) is 5.02 Å². The van der Waals surface area contributed by atoms with Crippen LogP contribution >= 0.6 is 23.8 Å². The summed E-state index contributed by atoms with van der Waals surface area (Å²) in [5, 5.41) is 12.3. The highest BCUT2D eigenvalue weighted by Crippen LogP contribution is 2.11. The molecule has 0 aliphatic rings. The normalized spacial score (nSPS) is 11.8. The van der Waals surface area contributed by atoms with Gasteiger partial charge in [0.1, 0.15) is 0 Å². The minimum Gasteiger partial charge on any atom is -0.250 e. The van der Waals surface area contributed by atoms with E-state index in [0.717, 1.165) is 36.4 Å². The molecule has 0 radical (unpaired) electrons. The van der Waals surface area contributed by atoms with Gasteiger partial charge in [0.05, 0.1) is 5.71 Å². The van der Waals surface area contributed by atoms with E-state index in [4.69, 9.17) is 23.8 Å². The van der Waals surface area contributed by atoms with Crippen LogP contribution in [0.5, 0.6) is 0 Å².